The first-order chi connectivity index (χ1) is 15.5. The Morgan fingerprint density at radius 3 is 1.06 bits per heavy atom. The molecule has 6 nitrogen and oxygen atoms in total. The molecule has 34 heavy (non-hydrogen) atoms. The van der Waals surface area contributed by atoms with Crippen LogP contribution in [0.4, 0.5) is 0 Å². The van der Waals surface area contributed by atoms with Crippen molar-refractivity contribution < 1.29 is 18.4 Å². The minimum Gasteiger partial charge on any atom is -0.456 e. The van der Waals surface area contributed by atoms with Crippen molar-refractivity contribution in [2.75, 3.05) is 53.5 Å². The average molecular weight is 553 g/mol. The number of hydrogen-bond acceptors (Lipinski definition) is 6. The van der Waals surface area contributed by atoms with E-state index in [1.165, 1.54) is 49.9 Å². The number of likely N-dealkylation sites (N-methyl/N-ethyl adjacent to an activating group) is 2. The van der Waals surface area contributed by atoms with Crippen LogP contribution in [0.15, 0.2) is 0 Å². The molecular weight excluding hydrogens is 493 g/mol. The number of unbranched alkanes of at least 4 members (excludes halogenated alkanes) is 2. The monoisotopic (exact) mass is 552 g/mol. The Morgan fingerprint density at radius 1 is 0.471 bits per heavy atom. The molecule has 10 heteroatoms. The minimum atomic E-state index is -1.71. The SMILES string of the molecule is CN(CCO)CCCC[Si](C)(C)O[Si](C)(C)CC[Si](C)(C)O[Si](C)(C)CCCCN(C)CCO. The van der Waals surface area contributed by atoms with Gasteiger partial charge in [0.05, 0.1) is 13.2 Å². The largest absolute Gasteiger partial charge is 0.456 e. The number of rotatable bonds is 21. The molecule has 0 heterocycles. The highest BCUT2D eigenvalue weighted by molar-refractivity contribution is 6.88. The topological polar surface area (TPSA) is 65.4 Å². The van der Waals surface area contributed by atoms with Crippen LogP contribution in [0.3, 0.4) is 0 Å². The third-order valence-electron chi connectivity index (χ3n) is 6.54. The fraction of sp³-hybridized carbons (Fsp3) is 1.00. The van der Waals surface area contributed by atoms with E-state index < -0.39 is 33.3 Å². The second kappa shape index (κ2) is 16.5. The van der Waals surface area contributed by atoms with Crippen molar-refractivity contribution in [2.24, 2.45) is 0 Å². The lowest BCUT2D eigenvalue weighted by atomic mass is 10.3. The van der Waals surface area contributed by atoms with E-state index in [1.54, 1.807) is 0 Å². The van der Waals surface area contributed by atoms with Crippen LogP contribution in [-0.4, -0.2) is 107 Å². The maximum Gasteiger partial charge on any atom is 0.173 e. The lowest BCUT2D eigenvalue weighted by molar-refractivity contribution is 0.219. The molecule has 0 unspecified atom stereocenters. The summed E-state index contributed by atoms with van der Waals surface area (Å²) in [6.45, 7) is 23.3. The summed E-state index contributed by atoms with van der Waals surface area (Å²) in [7, 11) is -2.55. The Kier molecular flexibility index (Phi) is 16.8. The molecule has 0 aliphatic heterocycles. The third kappa shape index (κ3) is 18.8. The van der Waals surface area contributed by atoms with Crippen molar-refractivity contribution in [1.82, 2.24) is 9.80 Å². The first-order valence-corrected chi connectivity index (χ1v) is 26.0. The average Bonchev–Trinajstić information content (AvgIpc) is 2.66. The molecule has 0 aromatic heterocycles. The quantitative estimate of drug-likeness (QED) is 0.150. The maximum atomic E-state index is 9.04. The molecule has 0 saturated heterocycles. The van der Waals surface area contributed by atoms with Crippen LogP contribution in [0, 0.1) is 0 Å². The molecule has 0 radical (unpaired) electrons. The Bertz CT molecular complexity index is 491. The van der Waals surface area contributed by atoms with Crippen LogP contribution in [0.25, 0.3) is 0 Å². The van der Waals surface area contributed by atoms with Crippen molar-refractivity contribution >= 4 is 33.3 Å². The summed E-state index contributed by atoms with van der Waals surface area (Å²) in [4.78, 5) is 4.42. The Hall–Kier alpha value is 0.628. The second-order valence-corrected chi connectivity index (χ2v) is 30.4. The van der Waals surface area contributed by atoms with Gasteiger partial charge in [-0.2, -0.15) is 0 Å². The second-order valence-electron chi connectivity index (χ2n) is 12.7. The highest BCUT2D eigenvalue weighted by atomic mass is 28.4. The van der Waals surface area contributed by atoms with Crippen LogP contribution in [0.5, 0.6) is 0 Å². The van der Waals surface area contributed by atoms with Gasteiger partial charge in [0.15, 0.2) is 33.3 Å². The zero-order valence-corrected chi connectivity index (χ0v) is 28.5. The Labute approximate surface area is 216 Å². The number of hydrogen-bond donors (Lipinski definition) is 2. The number of nitrogens with zero attached hydrogens (tertiary/aromatic N) is 2. The van der Waals surface area contributed by atoms with Crippen LogP contribution in [0.2, 0.25) is 76.6 Å². The molecule has 0 bridgehead atoms. The molecule has 0 spiro atoms. The van der Waals surface area contributed by atoms with E-state index in [0.29, 0.717) is 0 Å². The first-order valence-electron chi connectivity index (χ1n) is 13.5. The van der Waals surface area contributed by atoms with Crippen LogP contribution >= 0.6 is 0 Å². The van der Waals surface area contributed by atoms with Gasteiger partial charge in [-0.15, -0.1) is 0 Å². The Morgan fingerprint density at radius 2 is 0.765 bits per heavy atom. The van der Waals surface area contributed by atoms with Crippen LogP contribution in [0.1, 0.15) is 25.7 Å². The van der Waals surface area contributed by atoms with E-state index in [0.717, 1.165) is 26.2 Å². The smallest absolute Gasteiger partial charge is 0.173 e. The summed E-state index contributed by atoms with van der Waals surface area (Å²) in [6, 6.07) is 4.86. The minimum absolute atomic E-state index is 0.242. The molecular formula is C24H60N2O4Si4. The predicted molar refractivity (Wildman–Crippen MR) is 159 cm³/mol. The predicted octanol–water partition coefficient (Wildman–Crippen LogP) is 5.25. The normalized spacial score (nSPS) is 13.9. The zero-order valence-electron chi connectivity index (χ0n) is 24.5. The molecule has 206 valence electrons. The summed E-state index contributed by atoms with van der Waals surface area (Å²) < 4.78 is 13.8. The van der Waals surface area contributed by atoms with Crippen molar-refractivity contribution in [2.45, 2.75) is 102 Å². The van der Waals surface area contributed by atoms with Gasteiger partial charge in [-0.25, -0.2) is 0 Å². The summed E-state index contributed by atoms with van der Waals surface area (Å²) in [5.74, 6) is 0. The molecule has 0 rings (SSSR count). The van der Waals surface area contributed by atoms with Gasteiger partial charge >= 0.3 is 0 Å². The maximum absolute atomic E-state index is 9.04. The molecule has 0 aliphatic rings. The highest BCUT2D eigenvalue weighted by Crippen LogP contribution is 2.30. The van der Waals surface area contributed by atoms with Crippen molar-refractivity contribution in [3.63, 3.8) is 0 Å². The van der Waals surface area contributed by atoms with Crippen molar-refractivity contribution in [3.05, 3.63) is 0 Å². The van der Waals surface area contributed by atoms with Gasteiger partial charge in [-0.1, -0.05) is 12.8 Å². The molecule has 0 aromatic rings. The van der Waals surface area contributed by atoms with E-state index in [-0.39, 0.29) is 13.2 Å². The molecule has 0 aromatic carbocycles. The fourth-order valence-electron chi connectivity index (χ4n) is 4.73. The zero-order chi connectivity index (χ0) is 26.5. The lowest BCUT2D eigenvalue weighted by Crippen LogP contribution is -2.48. The van der Waals surface area contributed by atoms with Crippen molar-refractivity contribution in [1.29, 1.82) is 0 Å². The van der Waals surface area contributed by atoms with Gasteiger partial charge in [0.25, 0.3) is 0 Å². The third-order valence-corrected chi connectivity index (χ3v) is 21.9. The molecule has 2 N–H and O–H groups in total. The Balaban J connectivity index is 4.45. The van der Waals surface area contributed by atoms with Gasteiger partial charge in [-0.3, -0.25) is 0 Å². The van der Waals surface area contributed by atoms with Gasteiger partial charge in [-0.05, 0) is 117 Å². The number of aliphatic hydroxyl groups excluding tert-OH is 2. The molecule has 0 aliphatic carbocycles. The van der Waals surface area contributed by atoms with Crippen LogP contribution in [-0.2, 0) is 8.23 Å². The summed E-state index contributed by atoms with van der Waals surface area (Å²) in [6.07, 6.45) is 4.81. The van der Waals surface area contributed by atoms with E-state index in [2.05, 4.69) is 76.3 Å². The summed E-state index contributed by atoms with van der Waals surface area (Å²) in [5, 5.41) is 18.1. The van der Waals surface area contributed by atoms with E-state index in [4.69, 9.17) is 18.4 Å². The summed E-state index contributed by atoms with van der Waals surface area (Å²) >= 11 is 0. The summed E-state index contributed by atoms with van der Waals surface area (Å²) in [5.41, 5.74) is 0. The van der Waals surface area contributed by atoms with Crippen LogP contribution < -0.4 is 0 Å². The van der Waals surface area contributed by atoms with Gasteiger partial charge in [0.1, 0.15) is 0 Å². The standard InChI is InChI=1S/C24H60N2O4Si4/c1-25(17-19-27)15-11-13-21-31(3,4)29-33(7,8)23-24-34(9,10)30-32(5,6)22-14-12-16-26(2)18-20-28/h27-28H,11-24H2,1-10H3. The lowest BCUT2D eigenvalue weighted by Gasteiger charge is -2.38. The fourth-order valence-corrected chi connectivity index (χ4v) is 25.4. The first kappa shape index (κ1) is 34.6. The van der Waals surface area contributed by atoms with Crippen molar-refractivity contribution in [3.8, 4) is 0 Å². The highest BCUT2D eigenvalue weighted by Gasteiger charge is 2.37. The number of aliphatic hydroxyl groups is 2. The van der Waals surface area contributed by atoms with Gasteiger partial charge < -0.3 is 28.2 Å². The molecule has 0 amide bonds. The van der Waals surface area contributed by atoms with Gasteiger partial charge in [0.2, 0.25) is 0 Å². The molecule has 0 atom stereocenters. The molecule has 0 fully saturated rings. The molecule has 0 saturated carbocycles. The van der Waals surface area contributed by atoms with E-state index >= 15 is 0 Å². The van der Waals surface area contributed by atoms with E-state index in [9.17, 15) is 0 Å². The van der Waals surface area contributed by atoms with E-state index in [1.807, 2.05) is 0 Å². The van der Waals surface area contributed by atoms with Gasteiger partial charge in [0, 0.05) is 13.1 Å².